The number of hydrogen-bond acceptors (Lipinski definition) is 4. The lowest BCUT2D eigenvalue weighted by Gasteiger charge is -2.04. The molecule has 0 bridgehead atoms. The highest BCUT2D eigenvalue weighted by Crippen LogP contribution is 2.16. The number of halogens is 1. The number of aryl methyl sites for hydroxylation is 2. The molecule has 84 valence electrons. The summed E-state index contributed by atoms with van der Waals surface area (Å²) in [6, 6.07) is 5.07. The van der Waals surface area contributed by atoms with E-state index >= 15 is 0 Å². The molecule has 0 unspecified atom stereocenters. The highest BCUT2D eigenvalue weighted by Gasteiger charge is 2.04. The van der Waals surface area contributed by atoms with Crippen LogP contribution < -0.4 is 5.32 Å². The second-order valence-electron chi connectivity index (χ2n) is 3.57. The van der Waals surface area contributed by atoms with Gasteiger partial charge in [0.2, 0.25) is 5.13 Å². The Morgan fingerprint density at radius 2 is 2.12 bits per heavy atom. The fraction of sp³-hybridized carbons (Fsp3) is 0.273. The van der Waals surface area contributed by atoms with E-state index in [1.54, 1.807) is 6.07 Å². The van der Waals surface area contributed by atoms with Gasteiger partial charge in [0.15, 0.2) is 0 Å². The summed E-state index contributed by atoms with van der Waals surface area (Å²) >= 11 is 1.46. The molecule has 2 aromatic rings. The first-order valence-electron chi connectivity index (χ1n) is 4.94. The molecule has 0 aliphatic rings. The second-order valence-corrected chi connectivity index (χ2v) is 4.76. The minimum Gasteiger partial charge on any atom is -0.356 e. The predicted molar refractivity (Wildman–Crippen MR) is 63.1 cm³/mol. The zero-order valence-corrected chi connectivity index (χ0v) is 9.94. The molecule has 0 spiro atoms. The number of rotatable bonds is 3. The maximum Gasteiger partial charge on any atom is 0.205 e. The van der Waals surface area contributed by atoms with Crippen LogP contribution in [0.2, 0.25) is 0 Å². The van der Waals surface area contributed by atoms with Crippen molar-refractivity contribution in [3.05, 3.63) is 40.2 Å². The normalized spacial score (nSPS) is 10.4. The van der Waals surface area contributed by atoms with Crippen molar-refractivity contribution < 1.29 is 4.39 Å². The molecule has 0 radical (unpaired) electrons. The highest BCUT2D eigenvalue weighted by molar-refractivity contribution is 7.15. The van der Waals surface area contributed by atoms with Gasteiger partial charge in [0.1, 0.15) is 10.8 Å². The summed E-state index contributed by atoms with van der Waals surface area (Å²) < 4.78 is 13.4. The smallest absolute Gasteiger partial charge is 0.205 e. The molecule has 0 saturated heterocycles. The van der Waals surface area contributed by atoms with Crippen molar-refractivity contribution in [3.8, 4) is 0 Å². The first-order chi connectivity index (χ1) is 7.65. The fourth-order valence-electron chi connectivity index (χ4n) is 1.38. The molecule has 1 aromatic heterocycles. The largest absolute Gasteiger partial charge is 0.356 e. The lowest BCUT2D eigenvalue weighted by Crippen LogP contribution is -2.01. The molecule has 0 atom stereocenters. The van der Waals surface area contributed by atoms with Crippen molar-refractivity contribution in [2.24, 2.45) is 0 Å². The Morgan fingerprint density at radius 3 is 2.81 bits per heavy atom. The van der Waals surface area contributed by atoms with E-state index < -0.39 is 0 Å². The molecular weight excluding hydrogens is 225 g/mol. The van der Waals surface area contributed by atoms with Crippen LogP contribution in [-0.4, -0.2) is 10.2 Å². The van der Waals surface area contributed by atoms with Crippen LogP contribution in [0.25, 0.3) is 0 Å². The number of hydrogen-bond donors (Lipinski definition) is 1. The van der Waals surface area contributed by atoms with Crippen LogP contribution in [-0.2, 0) is 6.54 Å². The lowest BCUT2D eigenvalue weighted by atomic mass is 10.1. The van der Waals surface area contributed by atoms with Gasteiger partial charge in [-0.1, -0.05) is 29.0 Å². The van der Waals surface area contributed by atoms with Gasteiger partial charge < -0.3 is 5.32 Å². The van der Waals surface area contributed by atoms with Crippen LogP contribution in [0.1, 0.15) is 16.1 Å². The van der Waals surface area contributed by atoms with Crippen molar-refractivity contribution in [1.82, 2.24) is 10.2 Å². The standard InChI is InChI=1S/C11H12FN3S/c1-7-3-4-10(12)9(5-7)6-13-11-15-14-8(2)16-11/h3-5H,6H2,1-2H3,(H,13,15). The first kappa shape index (κ1) is 11.0. The fourth-order valence-corrected chi connectivity index (χ4v) is 1.97. The number of anilines is 1. The van der Waals surface area contributed by atoms with Crippen LogP contribution in [0.3, 0.4) is 0 Å². The van der Waals surface area contributed by atoms with Crippen molar-refractivity contribution in [2.45, 2.75) is 20.4 Å². The third-order valence-electron chi connectivity index (χ3n) is 2.16. The van der Waals surface area contributed by atoms with Crippen molar-refractivity contribution >= 4 is 16.5 Å². The van der Waals surface area contributed by atoms with Gasteiger partial charge in [-0.3, -0.25) is 0 Å². The molecule has 1 N–H and O–H groups in total. The summed E-state index contributed by atoms with van der Waals surface area (Å²) in [5, 5.41) is 12.5. The van der Waals surface area contributed by atoms with E-state index in [1.807, 2.05) is 19.9 Å². The summed E-state index contributed by atoms with van der Waals surface area (Å²) in [6.45, 7) is 4.26. The SMILES string of the molecule is Cc1ccc(F)c(CNc2nnc(C)s2)c1. The molecule has 5 heteroatoms. The first-order valence-corrected chi connectivity index (χ1v) is 5.76. The third kappa shape index (κ3) is 2.55. The highest BCUT2D eigenvalue weighted by atomic mass is 32.1. The minimum absolute atomic E-state index is 0.195. The summed E-state index contributed by atoms with van der Waals surface area (Å²) in [5.74, 6) is -0.195. The summed E-state index contributed by atoms with van der Waals surface area (Å²) in [4.78, 5) is 0. The van der Waals surface area contributed by atoms with Crippen molar-refractivity contribution in [3.63, 3.8) is 0 Å². The Kier molecular flexibility index (Phi) is 3.14. The molecule has 0 fully saturated rings. The van der Waals surface area contributed by atoms with E-state index in [-0.39, 0.29) is 5.82 Å². The van der Waals surface area contributed by atoms with Crippen LogP contribution in [0.5, 0.6) is 0 Å². The monoisotopic (exact) mass is 237 g/mol. The molecule has 2 rings (SSSR count). The third-order valence-corrected chi connectivity index (χ3v) is 2.95. The van der Waals surface area contributed by atoms with Crippen LogP contribution in [0.4, 0.5) is 9.52 Å². The van der Waals surface area contributed by atoms with E-state index in [0.717, 1.165) is 15.7 Å². The Labute approximate surface area is 97.3 Å². The summed E-state index contributed by atoms with van der Waals surface area (Å²) in [6.07, 6.45) is 0. The molecule has 1 aromatic carbocycles. The summed E-state index contributed by atoms with van der Waals surface area (Å²) in [5.41, 5.74) is 1.69. The Balaban J connectivity index is 2.07. The van der Waals surface area contributed by atoms with E-state index in [0.29, 0.717) is 12.1 Å². The molecular formula is C11H12FN3S. The predicted octanol–water partition coefficient (Wildman–Crippen LogP) is 2.91. The Morgan fingerprint density at radius 1 is 1.31 bits per heavy atom. The maximum absolute atomic E-state index is 13.4. The zero-order valence-electron chi connectivity index (χ0n) is 9.12. The quantitative estimate of drug-likeness (QED) is 0.892. The van der Waals surface area contributed by atoms with E-state index in [1.165, 1.54) is 17.4 Å². The van der Waals surface area contributed by atoms with Gasteiger partial charge in [-0.15, -0.1) is 10.2 Å². The number of nitrogens with zero attached hydrogens (tertiary/aromatic N) is 2. The molecule has 1 heterocycles. The lowest BCUT2D eigenvalue weighted by molar-refractivity contribution is 0.612. The van der Waals surface area contributed by atoms with Gasteiger partial charge >= 0.3 is 0 Å². The molecule has 0 aliphatic carbocycles. The zero-order chi connectivity index (χ0) is 11.5. The van der Waals surface area contributed by atoms with Gasteiger partial charge in [-0.25, -0.2) is 4.39 Å². The summed E-state index contributed by atoms with van der Waals surface area (Å²) in [7, 11) is 0. The van der Waals surface area contributed by atoms with Crippen molar-refractivity contribution in [2.75, 3.05) is 5.32 Å². The van der Waals surface area contributed by atoms with Crippen LogP contribution >= 0.6 is 11.3 Å². The topological polar surface area (TPSA) is 37.8 Å². The molecule has 16 heavy (non-hydrogen) atoms. The van der Waals surface area contributed by atoms with Gasteiger partial charge in [0, 0.05) is 12.1 Å². The molecule has 3 nitrogen and oxygen atoms in total. The van der Waals surface area contributed by atoms with Crippen molar-refractivity contribution in [1.29, 1.82) is 0 Å². The van der Waals surface area contributed by atoms with Gasteiger partial charge in [-0.05, 0) is 19.9 Å². The average molecular weight is 237 g/mol. The Bertz CT molecular complexity index is 496. The van der Waals surface area contributed by atoms with Crippen LogP contribution in [0, 0.1) is 19.7 Å². The maximum atomic E-state index is 13.4. The van der Waals surface area contributed by atoms with Gasteiger partial charge in [0.05, 0.1) is 0 Å². The second kappa shape index (κ2) is 4.57. The molecule has 0 amide bonds. The van der Waals surface area contributed by atoms with Crippen LogP contribution in [0.15, 0.2) is 18.2 Å². The number of aromatic nitrogens is 2. The van der Waals surface area contributed by atoms with E-state index in [2.05, 4.69) is 15.5 Å². The molecule has 0 aliphatic heterocycles. The Hall–Kier alpha value is -1.49. The number of benzene rings is 1. The van der Waals surface area contributed by atoms with E-state index in [9.17, 15) is 4.39 Å². The van der Waals surface area contributed by atoms with Gasteiger partial charge in [-0.2, -0.15) is 0 Å². The number of nitrogens with one attached hydrogen (secondary N) is 1. The average Bonchev–Trinajstić information content (AvgIpc) is 2.66. The van der Waals surface area contributed by atoms with E-state index in [4.69, 9.17) is 0 Å². The molecule has 0 saturated carbocycles. The van der Waals surface area contributed by atoms with Gasteiger partial charge in [0.25, 0.3) is 0 Å². The minimum atomic E-state index is -0.195.